The highest BCUT2D eigenvalue weighted by molar-refractivity contribution is 7.91. The van der Waals surface area contributed by atoms with Crippen molar-refractivity contribution in [3.05, 3.63) is 47.5 Å². The van der Waals surface area contributed by atoms with E-state index in [0.29, 0.717) is 18.7 Å². The van der Waals surface area contributed by atoms with Gasteiger partial charge in [-0.3, -0.25) is 4.79 Å². The highest BCUT2D eigenvalue weighted by Gasteiger charge is 2.19. The predicted octanol–water partition coefficient (Wildman–Crippen LogP) is 1.60. The van der Waals surface area contributed by atoms with Crippen LogP contribution in [0.4, 0.5) is 11.4 Å². The molecular weight excluding hydrogens is 376 g/mol. The highest BCUT2D eigenvalue weighted by atomic mass is 32.2. The summed E-state index contributed by atoms with van der Waals surface area (Å²) in [6.45, 7) is 0.336. The van der Waals surface area contributed by atoms with Crippen LogP contribution in [0.2, 0.25) is 0 Å². The molecule has 0 saturated carbocycles. The predicted molar refractivity (Wildman–Crippen MR) is 98.8 cm³/mol. The zero-order chi connectivity index (χ0) is 19.1. The SMILES string of the molecule is CS(=O)(=O)c1ccc(NCc2ccc3c(c2)CC(=O)N3)c(S(C)(=O)=O)c1. The molecule has 9 heteroatoms. The van der Waals surface area contributed by atoms with Crippen molar-refractivity contribution in [2.45, 2.75) is 22.8 Å². The second-order valence-corrected chi connectivity index (χ2v) is 10.3. The molecule has 1 heterocycles. The molecule has 0 saturated heterocycles. The molecule has 7 nitrogen and oxygen atoms in total. The second-order valence-electron chi connectivity index (χ2n) is 6.27. The van der Waals surface area contributed by atoms with E-state index in [9.17, 15) is 21.6 Å². The van der Waals surface area contributed by atoms with Gasteiger partial charge in [-0.25, -0.2) is 16.8 Å². The van der Waals surface area contributed by atoms with Crippen LogP contribution in [0.5, 0.6) is 0 Å². The maximum absolute atomic E-state index is 12.1. The van der Waals surface area contributed by atoms with Crippen LogP contribution in [0.1, 0.15) is 11.1 Å². The van der Waals surface area contributed by atoms with Crippen LogP contribution in [0.15, 0.2) is 46.2 Å². The first-order valence-electron chi connectivity index (χ1n) is 7.74. The Bertz CT molecular complexity index is 1110. The number of benzene rings is 2. The van der Waals surface area contributed by atoms with Gasteiger partial charge in [0, 0.05) is 24.7 Å². The van der Waals surface area contributed by atoms with Gasteiger partial charge in [-0.2, -0.15) is 0 Å². The van der Waals surface area contributed by atoms with E-state index >= 15 is 0 Å². The van der Waals surface area contributed by atoms with E-state index in [0.717, 1.165) is 35.4 Å². The molecule has 138 valence electrons. The molecule has 2 N–H and O–H groups in total. The number of amides is 1. The van der Waals surface area contributed by atoms with Crippen molar-refractivity contribution in [1.29, 1.82) is 0 Å². The van der Waals surface area contributed by atoms with Crippen LogP contribution in [0.25, 0.3) is 0 Å². The number of rotatable bonds is 5. The first kappa shape index (κ1) is 18.4. The standard InChI is InChI=1S/C17H18N2O5S2/c1-25(21,22)13-4-6-15(16(9-13)26(2,23)24)18-10-11-3-5-14-12(7-11)8-17(20)19-14/h3-7,9,18H,8,10H2,1-2H3,(H,19,20). The molecule has 0 radical (unpaired) electrons. The minimum absolute atomic E-state index is 0.0504. The number of carbonyl (C=O) groups is 1. The number of fused-ring (bicyclic) bond motifs is 1. The van der Waals surface area contributed by atoms with E-state index in [4.69, 9.17) is 0 Å². The third-order valence-electron chi connectivity index (χ3n) is 4.06. The van der Waals surface area contributed by atoms with Gasteiger partial charge < -0.3 is 10.6 Å². The summed E-state index contributed by atoms with van der Waals surface area (Å²) in [5.41, 5.74) is 2.89. The molecule has 0 unspecified atom stereocenters. The summed E-state index contributed by atoms with van der Waals surface area (Å²) in [6.07, 6.45) is 2.38. The van der Waals surface area contributed by atoms with Crippen LogP contribution in [-0.2, 0) is 37.4 Å². The fraction of sp³-hybridized carbons (Fsp3) is 0.235. The molecule has 0 fully saturated rings. The highest BCUT2D eigenvalue weighted by Crippen LogP contribution is 2.27. The second kappa shape index (κ2) is 6.40. The first-order chi connectivity index (χ1) is 12.0. The molecule has 1 aliphatic heterocycles. The molecule has 0 spiro atoms. The van der Waals surface area contributed by atoms with Gasteiger partial charge in [0.2, 0.25) is 5.91 Å². The van der Waals surface area contributed by atoms with Gasteiger partial charge >= 0.3 is 0 Å². The van der Waals surface area contributed by atoms with E-state index < -0.39 is 19.7 Å². The topological polar surface area (TPSA) is 109 Å². The average molecular weight is 394 g/mol. The monoisotopic (exact) mass is 394 g/mol. The van der Waals surface area contributed by atoms with Crippen molar-refractivity contribution in [2.75, 3.05) is 23.1 Å². The summed E-state index contributed by atoms with van der Waals surface area (Å²) in [4.78, 5) is 11.3. The molecule has 2 aromatic carbocycles. The summed E-state index contributed by atoms with van der Waals surface area (Å²) in [7, 11) is -7.13. The Balaban J connectivity index is 1.89. The number of anilines is 2. The average Bonchev–Trinajstić information content (AvgIpc) is 2.90. The van der Waals surface area contributed by atoms with Gasteiger partial charge in [-0.15, -0.1) is 0 Å². The summed E-state index contributed by atoms with van der Waals surface area (Å²) in [6, 6.07) is 9.51. The van der Waals surface area contributed by atoms with Crippen LogP contribution in [-0.4, -0.2) is 35.3 Å². The van der Waals surface area contributed by atoms with Crippen LogP contribution >= 0.6 is 0 Å². The largest absolute Gasteiger partial charge is 0.380 e. The summed E-state index contributed by atoms with van der Waals surface area (Å²) in [5, 5.41) is 5.79. The summed E-state index contributed by atoms with van der Waals surface area (Å²) < 4.78 is 47.5. The third-order valence-corrected chi connectivity index (χ3v) is 6.31. The van der Waals surface area contributed by atoms with Gasteiger partial charge in [-0.1, -0.05) is 12.1 Å². The Kier molecular flexibility index (Phi) is 4.53. The molecule has 0 bridgehead atoms. The van der Waals surface area contributed by atoms with Gasteiger partial charge in [0.05, 0.1) is 21.9 Å². The lowest BCUT2D eigenvalue weighted by atomic mass is 10.1. The number of carbonyl (C=O) groups excluding carboxylic acids is 1. The third kappa shape index (κ3) is 3.88. The first-order valence-corrected chi connectivity index (χ1v) is 11.5. The molecule has 1 amide bonds. The zero-order valence-corrected chi connectivity index (χ0v) is 15.9. The van der Waals surface area contributed by atoms with Crippen molar-refractivity contribution in [3.8, 4) is 0 Å². The Morgan fingerprint density at radius 3 is 2.38 bits per heavy atom. The number of hydrogen-bond acceptors (Lipinski definition) is 6. The zero-order valence-electron chi connectivity index (χ0n) is 14.2. The fourth-order valence-electron chi connectivity index (χ4n) is 2.78. The van der Waals surface area contributed by atoms with E-state index in [1.165, 1.54) is 12.1 Å². The molecule has 0 aliphatic carbocycles. The minimum Gasteiger partial charge on any atom is -0.380 e. The van der Waals surface area contributed by atoms with E-state index in [-0.39, 0.29) is 15.7 Å². The Labute approximate surface area is 152 Å². The lowest BCUT2D eigenvalue weighted by Crippen LogP contribution is -2.08. The smallest absolute Gasteiger partial charge is 0.228 e. The van der Waals surface area contributed by atoms with Crippen LogP contribution in [0, 0.1) is 0 Å². The van der Waals surface area contributed by atoms with Gasteiger partial charge in [0.25, 0.3) is 0 Å². The Morgan fingerprint density at radius 1 is 1.00 bits per heavy atom. The van der Waals surface area contributed by atoms with E-state index in [1.54, 1.807) is 0 Å². The van der Waals surface area contributed by atoms with Crippen molar-refractivity contribution < 1.29 is 21.6 Å². The lowest BCUT2D eigenvalue weighted by molar-refractivity contribution is -0.115. The van der Waals surface area contributed by atoms with Crippen LogP contribution < -0.4 is 10.6 Å². The lowest BCUT2D eigenvalue weighted by Gasteiger charge is -2.13. The fourth-order valence-corrected chi connectivity index (χ4v) is 4.38. The van der Waals surface area contributed by atoms with Crippen molar-refractivity contribution in [2.24, 2.45) is 0 Å². The van der Waals surface area contributed by atoms with Gasteiger partial charge in [0.1, 0.15) is 0 Å². The van der Waals surface area contributed by atoms with Crippen molar-refractivity contribution in [1.82, 2.24) is 0 Å². The maximum atomic E-state index is 12.1. The molecule has 3 rings (SSSR count). The molecule has 2 aromatic rings. The molecular formula is C17H18N2O5S2. The van der Waals surface area contributed by atoms with Gasteiger partial charge in [-0.05, 0) is 35.4 Å². The number of hydrogen-bond donors (Lipinski definition) is 2. The van der Waals surface area contributed by atoms with Crippen LogP contribution in [0.3, 0.4) is 0 Å². The Hall–Kier alpha value is -2.39. The molecule has 0 aromatic heterocycles. The minimum atomic E-state index is -3.62. The van der Waals surface area contributed by atoms with Gasteiger partial charge in [0.15, 0.2) is 19.7 Å². The number of sulfone groups is 2. The quantitative estimate of drug-likeness (QED) is 0.797. The van der Waals surface area contributed by atoms with E-state index in [2.05, 4.69) is 10.6 Å². The molecule has 26 heavy (non-hydrogen) atoms. The van der Waals surface area contributed by atoms with E-state index in [1.807, 2.05) is 18.2 Å². The molecule has 1 aliphatic rings. The van der Waals surface area contributed by atoms with Crippen molar-refractivity contribution in [3.63, 3.8) is 0 Å². The summed E-state index contributed by atoms with van der Waals surface area (Å²) in [5.74, 6) is -0.0548. The Morgan fingerprint density at radius 2 is 1.73 bits per heavy atom. The molecule has 0 atom stereocenters. The summed E-state index contributed by atoms with van der Waals surface area (Å²) >= 11 is 0. The normalized spacial score (nSPS) is 14.0. The number of nitrogens with one attached hydrogen (secondary N) is 2. The maximum Gasteiger partial charge on any atom is 0.228 e. The van der Waals surface area contributed by atoms with Crippen molar-refractivity contribution >= 4 is 37.0 Å².